The van der Waals surface area contributed by atoms with Crippen LogP contribution in [0, 0.1) is 0 Å². The minimum absolute atomic E-state index is 0.586. The largest absolute Gasteiger partial charge is 0.454 e. The van der Waals surface area contributed by atoms with E-state index in [-0.39, 0.29) is 0 Å². The lowest BCUT2D eigenvalue weighted by Crippen LogP contribution is -2.03. The Morgan fingerprint density at radius 1 is 0.357 bits per heavy atom. The first-order valence-corrected chi connectivity index (χ1v) is 18.8. The number of para-hydroxylation sites is 2. The van der Waals surface area contributed by atoms with Crippen LogP contribution in [-0.4, -0.2) is 19.5 Å². The second kappa shape index (κ2) is 13.0. The van der Waals surface area contributed by atoms with Gasteiger partial charge >= 0.3 is 0 Å². The summed E-state index contributed by atoms with van der Waals surface area (Å²) in [5.74, 6) is 1.81. The number of furan rings is 1. The van der Waals surface area contributed by atoms with Gasteiger partial charge in [0.05, 0.1) is 16.7 Å². The van der Waals surface area contributed by atoms with Crippen molar-refractivity contribution in [2.24, 2.45) is 0 Å². The number of hydrogen-bond acceptors (Lipinski definition) is 4. The smallest absolute Gasteiger partial charge is 0.166 e. The van der Waals surface area contributed by atoms with Gasteiger partial charge in [-0.2, -0.15) is 0 Å². The zero-order valence-corrected chi connectivity index (χ0v) is 30.2. The van der Waals surface area contributed by atoms with E-state index in [2.05, 4.69) is 150 Å². The lowest BCUT2D eigenvalue weighted by atomic mass is 9.99. The highest BCUT2D eigenvalue weighted by molar-refractivity contribution is 6.24. The predicted molar refractivity (Wildman–Crippen MR) is 229 cm³/mol. The third-order valence-corrected chi connectivity index (χ3v) is 10.7. The number of aromatic nitrogens is 4. The van der Waals surface area contributed by atoms with E-state index in [0.29, 0.717) is 17.5 Å². The molecule has 0 amide bonds. The highest BCUT2D eigenvalue weighted by atomic mass is 16.3. The molecule has 0 unspecified atom stereocenters. The zero-order valence-electron chi connectivity index (χ0n) is 30.2. The van der Waals surface area contributed by atoms with Crippen LogP contribution in [0.5, 0.6) is 0 Å². The van der Waals surface area contributed by atoms with Gasteiger partial charge in [-0.3, -0.25) is 0 Å². The third kappa shape index (κ3) is 5.21. The molecule has 0 radical (unpaired) electrons. The van der Waals surface area contributed by atoms with E-state index in [1.165, 1.54) is 0 Å². The molecule has 11 aromatic rings. The lowest BCUT2D eigenvalue weighted by Gasteiger charge is -2.15. The minimum atomic E-state index is 0.586. The summed E-state index contributed by atoms with van der Waals surface area (Å²) < 4.78 is 9.13. The van der Waals surface area contributed by atoms with Crippen LogP contribution in [0.4, 0.5) is 0 Å². The molecule has 0 spiro atoms. The molecule has 3 aromatic heterocycles. The van der Waals surface area contributed by atoms with Gasteiger partial charge in [-0.1, -0.05) is 164 Å². The van der Waals surface area contributed by atoms with Crippen molar-refractivity contribution < 1.29 is 4.42 Å². The van der Waals surface area contributed by atoms with Crippen LogP contribution in [0.3, 0.4) is 0 Å². The second-order valence-corrected chi connectivity index (χ2v) is 14.0. The van der Waals surface area contributed by atoms with Crippen LogP contribution in [0.25, 0.3) is 106 Å². The second-order valence-electron chi connectivity index (χ2n) is 14.0. The monoisotopic (exact) mass is 716 g/mol. The van der Waals surface area contributed by atoms with Crippen LogP contribution in [0.2, 0.25) is 0 Å². The molecule has 0 atom stereocenters. The molecule has 11 rings (SSSR count). The normalized spacial score (nSPS) is 11.6. The van der Waals surface area contributed by atoms with E-state index >= 15 is 0 Å². The number of benzene rings is 8. The molecule has 3 heterocycles. The summed E-state index contributed by atoms with van der Waals surface area (Å²) in [4.78, 5) is 15.5. The maximum atomic E-state index is 6.78. The molecule has 0 aliphatic heterocycles. The number of nitrogens with zero attached hydrogens (tertiary/aromatic N) is 4. The van der Waals surface area contributed by atoms with E-state index in [0.717, 1.165) is 88.4 Å². The minimum Gasteiger partial charge on any atom is -0.454 e. The first-order valence-electron chi connectivity index (χ1n) is 18.8. The van der Waals surface area contributed by atoms with E-state index in [4.69, 9.17) is 19.4 Å². The standard InChI is InChI=1S/C51H32N4O/c1-4-15-33(16-5-1)34-27-29-37(30-28-34)50-52-49(36-19-8-3-9-20-36)53-51(54-50)41-22-10-12-24-43(41)55-44-25-14-23-38(35-17-6-2-7-18-35)46(44)42-32-31-40-39-21-11-13-26-45(39)56-48(40)47(42)55/h1-32H. The highest BCUT2D eigenvalue weighted by Crippen LogP contribution is 2.44. The molecule has 0 fully saturated rings. The van der Waals surface area contributed by atoms with Crippen LogP contribution in [0.1, 0.15) is 0 Å². The van der Waals surface area contributed by atoms with E-state index in [1.54, 1.807) is 0 Å². The van der Waals surface area contributed by atoms with Gasteiger partial charge in [0.15, 0.2) is 23.1 Å². The summed E-state index contributed by atoms with van der Waals surface area (Å²) in [7, 11) is 0. The molecule has 5 nitrogen and oxygen atoms in total. The van der Waals surface area contributed by atoms with E-state index in [1.807, 2.05) is 48.5 Å². The van der Waals surface area contributed by atoms with Gasteiger partial charge in [-0.05, 0) is 52.6 Å². The zero-order chi connectivity index (χ0) is 37.0. The van der Waals surface area contributed by atoms with Gasteiger partial charge in [0.25, 0.3) is 0 Å². The van der Waals surface area contributed by atoms with Crippen molar-refractivity contribution in [3.05, 3.63) is 194 Å². The summed E-state index contributed by atoms with van der Waals surface area (Å²) in [6.45, 7) is 0. The van der Waals surface area contributed by atoms with Crippen molar-refractivity contribution >= 4 is 43.7 Å². The fraction of sp³-hybridized carbons (Fsp3) is 0. The molecule has 262 valence electrons. The van der Waals surface area contributed by atoms with Crippen molar-refractivity contribution in [2.75, 3.05) is 0 Å². The van der Waals surface area contributed by atoms with Crippen molar-refractivity contribution in [2.45, 2.75) is 0 Å². The third-order valence-electron chi connectivity index (χ3n) is 10.7. The van der Waals surface area contributed by atoms with Gasteiger partial charge in [0.2, 0.25) is 0 Å². The maximum Gasteiger partial charge on any atom is 0.166 e. The summed E-state index contributed by atoms with van der Waals surface area (Å²) in [5.41, 5.74) is 12.0. The fourth-order valence-electron chi connectivity index (χ4n) is 8.08. The maximum absolute atomic E-state index is 6.78. The number of rotatable bonds is 6. The molecular weight excluding hydrogens is 685 g/mol. The fourth-order valence-corrected chi connectivity index (χ4v) is 8.08. The summed E-state index contributed by atoms with van der Waals surface area (Å²) in [6.07, 6.45) is 0. The van der Waals surface area contributed by atoms with Gasteiger partial charge in [0.1, 0.15) is 5.58 Å². The van der Waals surface area contributed by atoms with Gasteiger partial charge in [-0.25, -0.2) is 15.0 Å². The first-order chi connectivity index (χ1) is 27.8. The van der Waals surface area contributed by atoms with Gasteiger partial charge in [0, 0.05) is 38.2 Å². The van der Waals surface area contributed by atoms with Crippen LogP contribution >= 0.6 is 0 Å². The van der Waals surface area contributed by atoms with Gasteiger partial charge < -0.3 is 8.98 Å². The van der Waals surface area contributed by atoms with Crippen molar-refractivity contribution in [3.63, 3.8) is 0 Å². The molecule has 5 heteroatoms. The number of fused-ring (bicyclic) bond motifs is 7. The molecular formula is C51H32N4O. The lowest BCUT2D eigenvalue weighted by molar-refractivity contribution is 0.671. The molecule has 0 aliphatic carbocycles. The summed E-state index contributed by atoms with van der Waals surface area (Å²) in [6, 6.07) is 67.3. The molecule has 0 aliphatic rings. The Labute approximate surface area is 322 Å². The number of hydrogen-bond donors (Lipinski definition) is 0. The van der Waals surface area contributed by atoms with E-state index < -0.39 is 0 Å². The van der Waals surface area contributed by atoms with Crippen LogP contribution in [-0.2, 0) is 0 Å². The quantitative estimate of drug-likeness (QED) is 0.172. The van der Waals surface area contributed by atoms with Crippen LogP contribution < -0.4 is 0 Å². The summed E-state index contributed by atoms with van der Waals surface area (Å²) >= 11 is 0. The van der Waals surface area contributed by atoms with Crippen molar-refractivity contribution in [1.29, 1.82) is 0 Å². The van der Waals surface area contributed by atoms with Crippen molar-refractivity contribution in [3.8, 4) is 62.1 Å². The van der Waals surface area contributed by atoms with Crippen molar-refractivity contribution in [1.82, 2.24) is 19.5 Å². The summed E-state index contributed by atoms with van der Waals surface area (Å²) in [5, 5.41) is 4.43. The molecule has 0 saturated carbocycles. The Balaban J connectivity index is 1.19. The predicted octanol–water partition coefficient (Wildman–Crippen LogP) is 13.2. The molecule has 56 heavy (non-hydrogen) atoms. The topological polar surface area (TPSA) is 56.7 Å². The Morgan fingerprint density at radius 3 is 1.64 bits per heavy atom. The Morgan fingerprint density at radius 2 is 0.893 bits per heavy atom. The Hall–Kier alpha value is -7.63. The average Bonchev–Trinajstić information content (AvgIpc) is 3.83. The first kappa shape index (κ1) is 31.9. The molecule has 0 saturated heterocycles. The van der Waals surface area contributed by atoms with Crippen LogP contribution in [0.15, 0.2) is 199 Å². The highest BCUT2D eigenvalue weighted by Gasteiger charge is 2.24. The average molecular weight is 717 g/mol. The SMILES string of the molecule is c1ccc(-c2ccc(-c3nc(-c4ccccc4)nc(-c4ccccc4-n4c5cccc(-c6ccccc6)c5c5ccc6c7ccccc7oc6c54)n3)cc2)cc1. The molecule has 8 aromatic carbocycles. The van der Waals surface area contributed by atoms with E-state index in [9.17, 15) is 0 Å². The molecule has 0 N–H and O–H groups in total. The Bertz CT molecular complexity index is 3220. The van der Waals surface area contributed by atoms with Gasteiger partial charge in [-0.15, -0.1) is 0 Å². The molecule has 0 bridgehead atoms. The Kier molecular flexibility index (Phi) is 7.42.